The summed E-state index contributed by atoms with van der Waals surface area (Å²) in [4.78, 5) is 0. The SMILES string of the molecule is Cc1cc(C(C)(C)C)n(Cc2ccccc2)n1. The Balaban J connectivity index is 2.33. The van der Waals surface area contributed by atoms with Gasteiger partial charge in [0.2, 0.25) is 0 Å². The summed E-state index contributed by atoms with van der Waals surface area (Å²) in [6.45, 7) is 9.58. The van der Waals surface area contributed by atoms with E-state index in [1.54, 1.807) is 0 Å². The quantitative estimate of drug-likeness (QED) is 0.768. The Labute approximate surface area is 103 Å². The fourth-order valence-corrected chi connectivity index (χ4v) is 2.03. The van der Waals surface area contributed by atoms with E-state index in [1.807, 2.05) is 6.07 Å². The van der Waals surface area contributed by atoms with Gasteiger partial charge in [-0.25, -0.2) is 0 Å². The summed E-state index contributed by atoms with van der Waals surface area (Å²) in [5.74, 6) is 0. The summed E-state index contributed by atoms with van der Waals surface area (Å²) in [7, 11) is 0. The van der Waals surface area contributed by atoms with Gasteiger partial charge in [-0.3, -0.25) is 4.68 Å². The van der Waals surface area contributed by atoms with Gasteiger partial charge < -0.3 is 0 Å². The van der Waals surface area contributed by atoms with Crippen LogP contribution in [0.1, 0.15) is 37.7 Å². The average molecular weight is 228 g/mol. The van der Waals surface area contributed by atoms with Gasteiger partial charge in [-0.1, -0.05) is 51.1 Å². The maximum atomic E-state index is 4.59. The van der Waals surface area contributed by atoms with Crippen LogP contribution in [0, 0.1) is 6.92 Å². The molecule has 2 aromatic rings. The predicted octanol–water partition coefficient (Wildman–Crippen LogP) is 3.54. The molecule has 0 spiro atoms. The second-order valence-electron chi connectivity index (χ2n) is 5.56. The monoisotopic (exact) mass is 228 g/mol. The normalized spacial score (nSPS) is 11.8. The second-order valence-corrected chi connectivity index (χ2v) is 5.56. The van der Waals surface area contributed by atoms with E-state index in [9.17, 15) is 0 Å². The van der Waals surface area contributed by atoms with Gasteiger partial charge in [0.1, 0.15) is 0 Å². The second kappa shape index (κ2) is 4.36. The van der Waals surface area contributed by atoms with Gasteiger partial charge in [0.05, 0.1) is 12.2 Å². The maximum absolute atomic E-state index is 4.59. The molecule has 0 aliphatic carbocycles. The molecule has 0 atom stereocenters. The Morgan fingerprint density at radius 1 is 1.12 bits per heavy atom. The fraction of sp³-hybridized carbons (Fsp3) is 0.400. The van der Waals surface area contributed by atoms with Crippen LogP contribution >= 0.6 is 0 Å². The third-order valence-electron chi connectivity index (χ3n) is 2.85. The van der Waals surface area contributed by atoms with Crippen LogP contribution in [0.15, 0.2) is 36.4 Å². The first-order valence-corrected chi connectivity index (χ1v) is 6.06. The Morgan fingerprint density at radius 3 is 2.35 bits per heavy atom. The van der Waals surface area contributed by atoms with Crippen molar-refractivity contribution < 1.29 is 0 Å². The molecule has 0 radical (unpaired) electrons. The standard InChI is InChI=1S/C15H20N2/c1-12-10-14(15(2,3)4)17(16-12)11-13-8-6-5-7-9-13/h5-10H,11H2,1-4H3. The highest BCUT2D eigenvalue weighted by Crippen LogP contribution is 2.23. The third-order valence-corrected chi connectivity index (χ3v) is 2.85. The largest absolute Gasteiger partial charge is 0.264 e. The molecule has 1 aromatic carbocycles. The molecule has 0 amide bonds. The van der Waals surface area contributed by atoms with Crippen LogP contribution in [0.25, 0.3) is 0 Å². The molecule has 0 fully saturated rings. The van der Waals surface area contributed by atoms with Crippen molar-refractivity contribution in [2.45, 2.75) is 39.7 Å². The van der Waals surface area contributed by atoms with Gasteiger partial charge in [0.15, 0.2) is 0 Å². The third kappa shape index (κ3) is 2.76. The van der Waals surface area contributed by atoms with E-state index in [0.717, 1.165) is 12.2 Å². The van der Waals surface area contributed by atoms with E-state index in [2.05, 4.69) is 67.8 Å². The Morgan fingerprint density at radius 2 is 1.76 bits per heavy atom. The molecule has 0 saturated carbocycles. The van der Waals surface area contributed by atoms with E-state index >= 15 is 0 Å². The molecule has 90 valence electrons. The van der Waals surface area contributed by atoms with E-state index in [0.29, 0.717) is 0 Å². The van der Waals surface area contributed by atoms with Crippen molar-refractivity contribution in [3.8, 4) is 0 Å². The summed E-state index contributed by atoms with van der Waals surface area (Å²) in [6, 6.07) is 12.7. The number of rotatable bonds is 2. The van der Waals surface area contributed by atoms with Crippen molar-refractivity contribution in [2.75, 3.05) is 0 Å². The zero-order chi connectivity index (χ0) is 12.5. The van der Waals surface area contributed by atoms with Crippen LogP contribution in [-0.4, -0.2) is 9.78 Å². The van der Waals surface area contributed by atoms with E-state index in [4.69, 9.17) is 0 Å². The molecule has 2 rings (SSSR count). The zero-order valence-corrected chi connectivity index (χ0v) is 11.1. The van der Waals surface area contributed by atoms with Gasteiger partial charge >= 0.3 is 0 Å². The molecule has 17 heavy (non-hydrogen) atoms. The minimum Gasteiger partial charge on any atom is -0.264 e. The molecular formula is C15H20N2. The van der Waals surface area contributed by atoms with Crippen molar-refractivity contribution in [3.63, 3.8) is 0 Å². The van der Waals surface area contributed by atoms with Crippen LogP contribution in [0.5, 0.6) is 0 Å². The topological polar surface area (TPSA) is 17.8 Å². The molecule has 0 aliphatic heterocycles. The van der Waals surface area contributed by atoms with Crippen molar-refractivity contribution in [3.05, 3.63) is 53.3 Å². The van der Waals surface area contributed by atoms with Crippen molar-refractivity contribution >= 4 is 0 Å². The average Bonchev–Trinajstić information content (AvgIpc) is 2.60. The Hall–Kier alpha value is -1.57. The minimum atomic E-state index is 0.135. The molecule has 0 saturated heterocycles. The van der Waals surface area contributed by atoms with Crippen molar-refractivity contribution in [1.82, 2.24) is 9.78 Å². The van der Waals surface area contributed by atoms with Gasteiger partial charge in [-0.2, -0.15) is 5.10 Å². The maximum Gasteiger partial charge on any atom is 0.0662 e. The van der Waals surface area contributed by atoms with Crippen LogP contribution in [0.2, 0.25) is 0 Å². The predicted molar refractivity (Wildman–Crippen MR) is 71.2 cm³/mol. The number of hydrogen-bond donors (Lipinski definition) is 0. The van der Waals surface area contributed by atoms with E-state index in [-0.39, 0.29) is 5.41 Å². The highest BCUT2D eigenvalue weighted by molar-refractivity contribution is 5.21. The summed E-state index contributed by atoms with van der Waals surface area (Å²) in [6.07, 6.45) is 0. The molecule has 0 N–H and O–H groups in total. The summed E-state index contributed by atoms with van der Waals surface area (Å²) in [5, 5.41) is 4.59. The van der Waals surface area contributed by atoms with Crippen molar-refractivity contribution in [1.29, 1.82) is 0 Å². The Bertz CT molecular complexity index is 489. The molecule has 0 unspecified atom stereocenters. The fourth-order valence-electron chi connectivity index (χ4n) is 2.03. The highest BCUT2D eigenvalue weighted by atomic mass is 15.3. The highest BCUT2D eigenvalue weighted by Gasteiger charge is 2.19. The van der Waals surface area contributed by atoms with Gasteiger partial charge in [0.25, 0.3) is 0 Å². The first-order valence-electron chi connectivity index (χ1n) is 6.06. The van der Waals surface area contributed by atoms with Gasteiger partial charge in [-0.15, -0.1) is 0 Å². The van der Waals surface area contributed by atoms with Crippen molar-refractivity contribution in [2.24, 2.45) is 0 Å². The van der Waals surface area contributed by atoms with Gasteiger partial charge in [0, 0.05) is 11.1 Å². The molecule has 1 aromatic heterocycles. The summed E-state index contributed by atoms with van der Waals surface area (Å²) in [5.41, 5.74) is 3.81. The number of nitrogens with zero attached hydrogens (tertiary/aromatic N) is 2. The van der Waals surface area contributed by atoms with Crippen LogP contribution in [0.3, 0.4) is 0 Å². The first kappa shape index (κ1) is 11.9. The lowest BCUT2D eigenvalue weighted by Gasteiger charge is -2.20. The van der Waals surface area contributed by atoms with Crippen LogP contribution in [-0.2, 0) is 12.0 Å². The molecule has 0 aliphatic rings. The first-order chi connectivity index (χ1) is 7.97. The lowest BCUT2D eigenvalue weighted by atomic mass is 9.92. The zero-order valence-electron chi connectivity index (χ0n) is 11.1. The smallest absolute Gasteiger partial charge is 0.0662 e. The summed E-state index contributed by atoms with van der Waals surface area (Å²) < 4.78 is 2.12. The molecule has 0 bridgehead atoms. The van der Waals surface area contributed by atoms with Crippen LogP contribution in [0.4, 0.5) is 0 Å². The number of hydrogen-bond acceptors (Lipinski definition) is 1. The van der Waals surface area contributed by atoms with Gasteiger partial charge in [-0.05, 0) is 18.6 Å². The number of benzene rings is 1. The number of aromatic nitrogens is 2. The minimum absolute atomic E-state index is 0.135. The molecule has 2 nitrogen and oxygen atoms in total. The molecular weight excluding hydrogens is 208 g/mol. The molecule has 2 heteroatoms. The summed E-state index contributed by atoms with van der Waals surface area (Å²) >= 11 is 0. The molecule has 1 heterocycles. The van der Waals surface area contributed by atoms with Crippen LogP contribution < -0.4 is 0 Å². The van der Waals surface area contributed by atoms with E-state index in [1.165, 1.54) is 11.3 Å². The number of aryl methyl sites for hydroxylation is 1. The Kier molecular flexibility index (Phi) is 3.05. The lowest BCUT2D eigenvalue weighted by Crippen LogP contribution is -2.18. The van der Waals surface area contributed by atoms with E-state index < -0.39 is 0 Å². The lowest BCUT2D eigenvalue weighted by molar-refractivity contribution is 0.505.